The minimum absolute atomic E-state index is 0.0159. The molecule has 1 rings (SSSR count). The van der Waals surface area contributed by atoms with Crippen LogP contribution in [0.2, 0.25) is 0 Å². The SMILES string of the molecule is CCN1C(=O)N(C(C)C)C1=O. The number of carbonyl (C=O) groups is 2. The molecule has 1 saturated heterocycles. The van der Waals surface area contributed by atoms with Crippen LogP contribution < -0.4 is 0 Å². The van der Waals surface area contributed by atoms with Gasteiger partial charge in [0.05, 0.1) is 0 Å². The van der Waals surface area contributed by atoms with E-state index in [9.17, 15) is 9.59 Å². The van der Waals surface area contributed by atoms with Crippen LogP contribution in [0.25, 0.3) is 0 Å². The third-order valence-corrected chi connectivity index (χ3v) is 1.71. The van der Waals surface area contributed by atoms with Gasteiger partial charge in [0.2, 0.25) is 0 Å². The summed E-state index contributed by atoms with van der Waals surface area (Å²) in [4.78, 5) is 24.6. The van der Waals surface area contributed by atoms with Crippen molar-refractivity contribution in [2.75, 3.05) is 6.54 Å². The molecule has 0 saturated carbocycles. The standard InChI is InChI=1S/C7H12N2O2/c1-4-8-6(10)9(5(2)3)7(8)11/h5H,4H2,1-3H3. The van der Waals surface area contributed by atoms with E-state index in [0.29, 0.717) is 6.54 Å². The van der Waals surface area contributed by atoms with Gasteiger partial charge in [0.1, 0.15) is 0 Å². The fraction of sp³-hybridized carbons (Fsp3) is 0.714. The summed E-state index contributed by atoms with van der Waals surface area (Å²) in [6.45, 7) is 5.90. The first-order valence-corrected chi connectivity index (χ1v) is 3.74. The molecule has 62 valence electrons. The average Bonchev–Trinajstić information content (AvgIpc) is 1.87. The number of imide groups is 2. The highest BCUT2D eigenvalue weighted by atomic mass is 16.2. The van der Waals surface area contributed by atoms with Gasteiger partial charge >= 0.3 is 12.1 Å². The van der Waals surface area contributed by atoms with E-state index in [0.717, 1.165) is 0 Å². The van der Waals surface area contributed by atoms with E-state index in [-0.39, 0.29) is 18.1 Å². The lowest BCUT2D eigenvalue weighted by molar-refractivity contribution is 0.0959. The maximum Gasteiger partial charge on any atom is 0.336 e. The molecule has 1 heterocycles. The monoisotopic (exact) mass is 156 g/mol. The van der Waals surface area contributed by atoms with Crippen LogP contribution in [0.4, 0.5) is 9.59 Å². The zero-order valence-electron chi connectivity index (χ0n) is 7.00. The van der Waals surface area contributed by atoms with Crippen molar-refractivity contribution in [3.8, 4) is 0 Å². The minimum Gasteiger partial charge on any atom is -0.247 e. The van der Waals surface area contributed by atoms with Crippen molar-refractivity contribution < 1.29 is 9.59 Å². The van der Waals surface area contributed by atoms with E-state index in [1.54, 1.807) is 6.92 Å². The van der Waals surface area contributed by atoms with Crippen LogP contribution in [0.1, 0.15) is 20.8 Å². The van der Waals surface area contributed by atoms with E-state index >= 15 is 0 Å². The Balaban J connectivity index is 2.64. The molecule has 1 fully saturated rings. The molecule has 0 aromatic carbocycles. The third kappa shape index (κ3) is 0.982. The molecule has 0 aromatic rings. The van der Waals surface area contributed by atoms with Gasteiger partial charge in [-0.2, -0.15) is 0 Å². The molecular formula is C7H12N2O2. The molecule has 0 atom stereocenters. The van der Waals surface area contributed by atoms with Gasteiger partial charge in [0, 0.05) is 12.6 Å². The number of rotatable bonds is 2. The molecule has 0 unspecified atom stereocenters. The smallest absolute Gasteiger partial charge is 0.247 e. The lowest BCUT2D eigenvalue weighted by Crippen LogP contribution is -2.65. The maximum absolute atomic E-state index is 11.1. The predicted octanol–water partition coefficient (Wildman–Crippen LogP) is 1.27. The molecule has 0 spiro atoms. The molecule has 0 aliphatic carbocycles. The van der Waals surface area contributed by atoms with Gasteiger partial charge < -0.3 is 0 Å². The molecule has 0 radical (unpaired) electrons. The van der Waals surface area contributed by atoms with Crippen LogP contribution in [0.15, 0.2) is 0 Å². The number of carbonyl (C=O) groups excluding carboxylic acids is 2. The van der Waals surface area contributed by atoms with Crippen molar-refractivity contribution >= 4 is 12.1 Å². The second-order valence-corrected chi connectivity index (χ2v) is 2.77. The summed E-state index contributed by atoms with van der Waals surface area (Å²) in [6, 6.07) is -0.363. The number of amides is 4. The van der Waals surface area contributed by atoms with Crippen LogP contribution in [-0.4, -0.2) is 34.4 Å². The van der Waals surface area contributed by atoms with Gasteiger partial charge in [0.15, 0.2) is 0 Å². The Hall–Kier alpha value is -1.06. The molecule has 4 nitrogen and oxygen atoms in total. The van der Waals surface area contributed by atoms with Crippen molar-refractivity contribution in [3.63, 3.8) is 0 Å². The molecule has 11 heavy (non-hydrogen) atoms. The summed E-state index contributed by atoms with van der Waals surface area (Å²) in [6.07, 6.45) is 0. The van der Waals surface area contributed by atoms with Crippen molar-refractivity contribution in [2.45, 2.75) is 26.8 Å². The average molecular weight is 156 g/mol. The van der Waals surface area contributed by atoms with E-state index in [1.807, 2.05) is 13.8 Å². The normalized spacial score (nSPS) is 17.8. The van der Waals surface area contributed by atoms with Crippen molar-refractivity contribution in [2.24, 2.45) is 0 Å². The molecule has 0 N–H and O–H groups in total. The summed E-state index contributed by atoms with van der Waals surface area (Å²) < 4.78 is 0. The van der Waals surface area contributed by atoms with Crippen molar-refractivity contribution in [1.82, 2.24) is 9.80 Å². The first-order chi connectivity index (χ1) is 5.09. The van der Waals surface area contributed by atoms with Gasteiger partial charge in [-0.1, -0.05) is 0 Å². The molecule has 0 bridgehead atoms. The van der Waals surface area contributed by atoms with Gasteiger partial charge in [-0.3, -0.25) is 0 Å². The summed E-state index contributed by atoms with van der Waals surface area (Å²) in [5, 5.41) is 0. The number of hydrogen-bond acceptors (Lipinski definition) is 2. The molecular weight excluding hydrogens is 144 g/mol. The van der Waals surface area contributed by atoms with Gasteiger partial charge in [-0.25, -0.2) is 19.4 Å². The fourth-order valence-electron chi connectivity index (χ4n) is 1.09. The number of nitrogens with zero attached hydrogens (tertiary/aromatic N) is 2. The first kappa shape index (κ1) is 8.04. The number of urea groups is 2. The highest BCUT2D eigenvalue weighted by Crippen LogP contribution is 2.18. The first-order valence-electron chi connectivity index (χ1n) is 3.74. The molecule has 0 aromatic heterocycles. The Labute approximate surface area is 65.8 Å². The summed E-state index contributed by atoms with van der Waals surface area (Å²) in [5.41, 5.74) is 0. The second-order valence-electron chi connectivity index (χ2n) is 2.77. The van der Waals surface area contributed by atoms with Gasteiger partial charge in [0.25, 0.3) is 0 Å². The lowest BCUT2D eigenvalue weighted by Gasteiger charge is -2.40. The Kier molecular flexibility index (Phi) is 1.85. The van der Waals surface area contributed by atoms with Crippen molar-refractivity contribution in [3.05, 3.63) is 0 Å². The quantitative estimate of drug-likeness (QED) is 0.604. The highest BCUT2D eigenvalue weighted by molar-refractivity contribution is 6.11. The Morgan fingerprint density at radius 3 is 2.00 bits per heavy atom. The van der Waals surface area contributed by atoms with Crippen LogP contribution in [0.3, 0.4) is 0 Å². The van der Waals surface area contributed by atoms with E-state index in [1.165, 1.54) is 9.80 Å². The topological polar surface area (TPSA) is 40.6 Å². The van der Waals surface area contributed by atoms with Gasteiger partial charge in [-0.05, 0) is 20.8 Å². The van der Waals surface area contributed by atoms with Crippen LogP contribution in [-0.2, 0) is 0 Å². The van der Waals surface area contributed by atoms with Crippen molar-refractivity contribution in [1.29, 1.82) is 0 Å². The summed E-state index contributed by atoms with van der Waals surface area (Å²) in [7, 11) is 0. The van der Waals surface area contributed by atoms with E-state index < -0.39 is 0 Å². The molecule has 1 aliphatic heterocycles. The lowest BCUT2D eigenvalue weighted by atomic mass is 10.3. The summed E-state index contributed by atoms with van der Waals surface area (Å²) >= 11 is 0. The molecule has 4 amide bonds. The fourth-order valence-corrected chi connectivity index (χ4v) is 1.09. The van der Waals surface area contributed by atoms with Gasteiger partial charge in [-0.15, -0.1) is 0 Å². The minimum atomic E-state index is -0.174. The molecule has 1 aliphatic rings. The zero-order valence-corrected chi connectivity index (χ0v) is 7.00. The van der Waals surface area contributed by atoms with E-state index in [4.69, 9.17) is 0 Å². The zero-order chi connectivity index (χ0) is 8.59. The third-order valence-electron chi connectivity index (χ3n) is 1.71. The number of hydrogen-bond donors (Lipinski definition) is 0. The Bertz CT molecular complexity index is 185. The maximum atomic E-state index is 11.1. The van der Waals surface area contributed by atoms with Crippen LogP contribution >= 0.6 is 0 Å². The molecule has 4 heteroatoms. The summed E-state index contributed by atoms with van der Waals surface area (Å²) in [5.74, 6) is 0. The highest BCUT2D eigenvalue weighted by Gasteiger charge is 2.43. The van der Waals surface area contributed by atoms with E-state index in [2.05, 4.69) is 0 Å². The Morgan fingerprint density at radius 2 is 1.73 bits per heavy atom. The predicted molar refractivity (Wildman–Crippen MR) is 40.1 cm³/mol. The Morgan fingerprint density at radius 1 is 1.27 bits per heavy atom. The second kappa shape index (κ2) is 2.53. The largest absolute Gasteiger partial charge is 0.336 e. The van der Waals surface area contributed by atoms with Crippen LogP contribution in [0, 0.1) is 0 Å². The van der Waals surface area contributed by atoms with Crippen LogP contribution in [0.5, 0.6) is 0 Å².